The van der Waals surface area contributed by atoms with E-state index in [1.165, 1.54) is 23.3 Å². The van der Waals surface area contributed by atoms with Gasteiger partial charge in [0.25, 0.3) is 5.69 Å². The second-order valence-corrected chi connectivity index (χ2v) is 4.88. The van der Waals surface area contributed by atoms with Gasteiger partial charge < -0.3 is 4.74 Å². The fraction of sp³-hybridized carbons (Fsp3) is 0.250. The van der Waals surface area contributed by atoms with Gasteiger partial charge in [0.2, 0.25) is 0 Å². The van der Waals surface area contributed by atoms with E-state index in [0.29, 0.717) is 12.4 Å². The van der Waals surface area contributed by atoms with Crippen LogP contribution < -0.4 is 4.74 Å². The van der Waals surface area contributed by atoms with Gasteiger partial charge >= 0.3 is 0 Å². The molecule has 1 unspecified atom stereocenters. The standard InChI is InChI=1S/C16H17NO3/c1-12-6-8-14(9-7-12)13(2)11-20-16-5-3-4-15(10-16)17(18)19/h3-10,13H,11H2,1-2H3. The van der Waals surface area contributed by atoms with Crippen molar-refractivity contribution in [1.29, 1.82) is 0 Å². The zero-order valence-corrected chi connectivity index (χ0v) is 11.6. The van der Waals surface area contributed by atoms with Crippen molar-refractivity contribution in [3.05, 3.63) is 69.8 Å². The molecular weight excluding hydrogens is 254 g/mol. The van der Waals surface area contributed by atoms with Crippen molar-refractivity contribution < 1.29 is 9.66 Å². The lowest BCUT2D eigenvalue weighted by Gasteiger charge is -2.13. The summed E-state index contributed by atoms with van der Waals surface area (Å²) < 4.78 is 5.64. The van der Waals surface area contributed by atoms with Gasteiger partial charge in [0.05, 0.1) is 17.6 Å². The summed E-state index contributed by atoms with van der Waals surface area (Å²) in [4.78, 5) is 10.3. The average molecular weight is 271 g/mol. The molecule has 2 aromatic rings. The summed E-state index contributed by atoms with van der Waals surface area (Å²) in [5, 5.41) is 10.7. The van der Waals surface area contributed by atoms with Gasteiger partial charge in [-0.25, -0.2) is 0 Å². The van der Waals surface area contributed by atoms with E-state index in [1.54, 1.807) is 12.1 Å². The number of hydrogen-bond acceptors (Lipinski definition) is 3. The number of aryl methyl sites for hydroxylation is 1. The highest BCUT2D eigenvalue weighted by Crippen LogP contribution is 2.22. The monoisotopic (exact) mass is 271 g/mol. The van der Waals surface area contributed by atoms with Crippen LogP contribution in [0.2, 0.25) is 0 Å². The molecule has 0 N–H and O–H groups in total. The molecule has 104 valence electrons. The van der Waals surface area contributed by atoms with Crippen LogP contribution in [-0.4, -0.2) is 11.5 Å². The summed E-state index contributed by atoms with van der Waals surface area (Å²) in [7, 11) is 0. The van der Waals surface area contributed by atoms with Gasteiger partial charge in [0.1, 0.15) is 5.75 Å². The SMILES string of the molecule is Cc1ccc(C(C)COc2cccc([N+](=O)[O-])c2)cc1. The van der Waals surface area contributed by atoms with Crippen LogP contribution in [0, 0.1) is 17.0 Å². The van der Waals surface area contributed by atoms with Crippen LogP contribution in [0.3, 0.4) is 0 Å². The van der Waals surface area contributed by atoms with Gasteiger partial charge in [-0.2, -0.15) is 0 Å². The van der Waals surface area contributed by atoms with Crippen LogP contribution >= 0.6 is 0 Å². The molecule has 0 spiro atoms. The molecule has 0 fully saturated rings. The Hall–Kier alpha value is -2.36. The Balaban J connectivity index is 1.99. The summed E-state index contributed by atoms with van der Waals surface area (Å²) in [5.74, 6) is 0.757. The lowest BCUT2D eigenvalue weighted by Crippen LogP contribution is -2.07. The largest absolute Gasteiger partial charge is 0.493 e. The number of non-ortho nitro benzene ring substituents is 1. The van der Waals surface area contributed by atoms with Crippen LogP contribution in [0.4, 0.5) is 5.69 Å². The molecule has 20 heavy (non-hydrogen) atoms. The molecule has 2 rings (SSSR count). The van der Waals surface area contributed by atoms with E-state index < -0.39 is 4.92 Å². The minimum Gasteiger partial charge on any atom is -0.493 e. The second kappa shape index (κ2) is 6.19. The van der Waals surface area contributed by atoms with Crippen LogP contribution in [0.15, 0.2) is 48.5 Å². The van der Waals surface area contributed by atoms with Crippen molar-refractivity contribution in [3.63, 3.8) is 0 Å². The molecule has 0 saturated heterocycles. The molecule has 2 aromatic carbocycles. The normalized spacial score (nSPS) is 11.9. The molecule has 0 aromatic heterocycles. The minimum absolute atomic E-state index is 0.0467. The first-order valence-electron chi connectivity index (χ1n) is 6.50. The summed E-state index contributed by atoms with van der Waals surface area (Å²) in [6.45, 7) is 4.61. The van der Waals surface area contributed by atoms with E-state index in [0.717, 1.165) is 0 Å². The number of hydrogen-bond donors (Lipinski definition) is 0. The minimum atomic E-state index is -0.420. The molecule has 0 bridgehead atoms. The molecule has 0 aliphatic carbocycles. The van der Waals surface area contributed by atoms with Crippen LogP contribution in [0.5, 0.6) is 5.75 Å². The lowest BCUT2D eigenvalue weighted by molar-refractivity contribution is -0.384. The smallest absolute Gasteiger partial charge is 0.273 e. The molecule has 0 amide bonds. The van der Waals surface area contributed by atoms with Gasteiger partial charge in [-0.05, 0) is 18.6 Å². The number of nitro benzene ring substituents is 1. The average Bonchev–Trinajstić information content (AvgIpc) is 2.46. The van der Waals surface area contributed by atoms with Gasteiger partial charge in [-0.1, -0.05) is 42.8 Å². The fourth-order valence-electron chi connectivity index (χ4n) is 1.90. The number of ether oxygens (including phenoxy) is 1. The molecule has 0 aliphatic heterocycles. The maximum absolute atomic E-state index is 10.7. The zero-order valence-electron chi connectivity index (χ0n) is 11.6. The van der Waals surface area contributed by atoms with E-state index in [1.807, 2.05) is 6.92 Å². The van der Waals surface area contributed by atoms with Crippen molar-refractivity contribution in [2.75, 3.05) is 6.61 Å². The first kappa shape index (κ1) is 14.1. The van der Waals surface area contributed by atoms with Crippen molar-refractivity contribution in [1.82, 2.24) is 0 Å². The second-order valence-electron chi connectivity index (χ2n) is 4.88. The van der Waals surface area contributed by atoms with E-state index in [2.05, 4.69) is 31.2 Å². The molecule has 1 atom stereocenters. The maximum atomic E-state index is 10.7. The number of nitro groups is 1. The Morgan fingerprint density at radius 1 is 1.20 bits per heavy atom. The molecule has 0 aliphatic rings. The van der Waals surface area contributed by atoms with Crippen molar-refractivity contribution >= 4 is 5.69 Å². The lowest BCUT2D eigenvalue weighted by atomic mass is 10.0. The van der Waals surface area contributed by atoms with Crippen molar-refractivity contribution in [3.8, 4) is 5.75 Å². The topological polar surface area (TPSA) is 52.4 Å². The molecule has 4 heteroatoms. The third-order valence-electron chi connectivity index (χ3n) is 3.17. The molecule has 4 nitrogen and oxygen atoms in total. The number of rotatable bonds is 5. The molecule has 0 radical (unpaired) electrons. The summed E-state index contributed by atoms with van der Waals surface area (Å²) in [5.41, 5.74) is 2.46. The van der Waals surface area contributed by atoms with E-state index >= 15 is 0 Å². The van der Waals surface area contributed by atoms with Gasteiger partial charge in [-0.3, -0.25) is 10.1 Å². The number of benzene rings is 2. The van der Waals surface area contributed by atoms with Crippen LogP contribution in [0.1, 0.15) is 24.0 Å². The molecule has 0 saturated carbocycles. The van der Waals surface area contributed by atoms with E-state index in [4.69, 9.17) is 4.74 Å². The highest BCUT2D eigenvalue weighted by Gasteiger charge is 2.09. The third kappa shape index (κ3) is 3.57. The molecule has 0 heterocycles. The Labute approximate surface area is 118 Å². The van der Waals surface area contributed by atoms with Gasteiger partial charge in [-0.15, -0.1) is 0 Å². The summed E-state index contributed by atoms with van der Waals surface area (Å²) in [6, 6.07) is 14.6. The Morgan fingerprint density at radius 2 is 1.90 bits per heavy atom. The Kier molecular flexibility index (Phi) is 4.35. The van der Waals surface area contributed by atoms with Crippen LogP contribution in [-0.2, 0) is 0 Å². The van der Waals surface area contributed by atoms with Gasteiger partial charge in [0, 0.05) is 12.0 Å². The highest BCUT2D eigenvalue weighted by atomic mass is 16.6. The van der Waals surface area contributed by atoms with E-state index in [9.17, 15) is 10.1 Å². The molecular formula is C16H17NO3. The van der Waals surface area contributed by atoms with Crippen molar-refractivity contribution in [2.24, 2.45) is 0 Å². The summed E-state index contributed by atoms with van der Waals surface area (Å²) >= 11 is 0. The zero-order chi connectivity index (χ0) is 14.5. The Morgan fingerprint density at radius 3 is 2.55 bits per heavy atom. The van der Waals surface area contributed by atoms with Crippen LogP contribution in [0.25, 0.3) is 0 Å². The highest BCUT2D eigenvalue weighted by molar-refractivity contribution is 5.38. The van der Waals surface area contributed by atoms with E-state index in [-0.39, 0.29) is 11.6 Å². The first-order chi connectivity index (χ1) is 9.56. The predicted octanol–water partition coefficient (Wildman–Crippen LogP) is 4.09. The van der Waals surface area contributed by atoms with Gasteiger partial charge in [0.15, 0.2) is 0 Å². The fourth-order valence-corrected chi connectivity index (χ4v) is 1.90. The predicted molar refractivity (Wildman–Crippen MR) is 78.2 cm³/mol. The van der Waals surface area contributed by atoms with Crippen molar-refractivity contribution in [2.45, 2.75) is 19.8 Å². The quantitative estimate of drug-likeness (QED) is 0.608. The maximum Gasteiger partial charge on any atom is 0.273 e. The first-order valence-corrected chi connectivity index (χ1v) is 6.50. The number of nitrogens with zero attached hydrogens (tertiary/aromatic N) is 1. The third-order valence-corrected chi connectivity index (χ3v) is 3.17. The summed E-state index contributed by atoms with van der Waals surface area (Å²) in [6.07, 6.45) is 0. The Bertz CT molecular complexity index is 593.